The van der Waals surface area contributed by atoms with Gasteiger partial charge in [0.15, 0.2) is 0 Å². The molecule has 1 aliphatic rings. The fourth-order valence-electron chi connectivity index (χ4n) is 2.38. The Labute approximate surface area is 121 Å². The number of halogens is 1. The number of aliphatic hydroxyl groups excluding tert-OH is 1. The van der Waals surface area contributed by atoms with Gasteiger partial charge < -0.3 is 14.7 Å². The van der Waals surface area contributed by atoms with Crippen LogP contribution in [0.1, 0.15) is 19.3 Å². The highest BCUT2D eigenvalue weighted by atomic mass is 79.9. The van der Waals surface area contributed by atoms with E-state index in [0.717, 1.165) is 35.2 Å². The van der Waals surface area contributed by atoms with Gasteiger partial charge >= 0.3 is 0 Å². The molecule has 1 aliphatic carbocycles. The van der Waals surface area contributed by atoms with Crippen molar-refractivity contribution in [2.75, 3.05) is 25.7 Å². The molecular weight excluding hydrogens is 310 g/mol. The zero-order chi connectivity index (χ0) is 14.0. The Bertz CT molecular complexity index is 480. The molecule has 0 radical (unpaired) electrons. The van der Waals surface area contributed by atoms with Crippen LogP contribution in [0.2, 0.25) is 0 Å². The second-order valence-corrected chi connectivity index (χ2v) is 5.83. The second kappa shape index (κ2) is 5.51. The SMILES string of the molecule is COc1ccc(N(C)C(=O)C2(CO)CCC2)cc1Br. The highest BCUT2D eigenvalue weighted by Gasteiger charge is 2.45. The van der Waals surface area contributed by atoms with Gasteiger partial charge in [0.1, 0.15) is 5.75 Å². The van der Waals surface area contributed by atoms with Crippen molar-refractivity contribution < 1.29 is 14.6 Å². The maximum absolute atomic E-state index is 12.5. The summed E-state index contributed by atoms with van der Waals surface area (Å²) in [5.74, 6) is 0.712. The molecule has 0 bridgehead atoms. The summed E-state index contributed by atoms with van der Waals surface area (Å²) in [7, 11) is 3.34. The molecule has 0 unspecified atom stereocenters. The van der Waals surface area contributed by atoms with Crippen molar-refractivity contribution in [1.29, 1.82) is 0 Å². The number of ether oxygens (including phenoxy) is 1. The number of carbonyl (C=O) groups excluding carboxylic acids is 1. The van der Waals surface area contributed by atoms with Crippen LogP contribution in [-0.4, -0.2) is 31.8 Å². The molecule has 19 heavy (non-hydrogen) atoms. The average Bonchev–Trinajstić information content (AvgIpc) is 2.37. The van der Waals surface area contributed by atoms with Crippen LogP contribution in [0.4, 0.5) is 5.69 Å². The molecule has 104 valence electrons. The summed E-state index contributed by atoms with van der Waals surface area (Å²) in [5.41, 5.74) is 0.221. The predicted molar refractivity (Wildman–Crippen MR) is 77.5 cm³/mol. The average molecular weight is 328 g/mol. The number of hydrogen-bond acceptors (Lipinski definition) is 3. The van der Waals surface area contributed by atoms with Crippen LogP contribution in [0.5, 0.6) is 5.75 Å². The van der Waals surface area contributed by atoms with E-state index in [2.05, 4.69) is 15.9 Å². The molecule has 1 fully saturated rings. The van der Waals surface area contributed by atoms with Gasteiger partial charge in [-0.2, -0.15) is 0 Å². The largest absolute Gasteiger partial charge is 0.496 e. The van der Waals surface area contributed by atoms with Crippen LogP contribution < -0.4 is 9.64 Å². The summed E-state index contributed by atoms with van der Waals surface area (Å²) < 4.78 is 5.98. The first kappa shape index (κ1) is 14.3. The minimum absolute atomic E-state index is 0.0154. The molecule has 2 rings (SSSR count). The van der Waals surface area contributed by atoms with Crippen molar-refractivity contribution in [1.82, 2.24) is 0 Å². The van der Waals surface area contributed by atoms with E-state index in [0.29, 0.717) is 0 Å². The van der Waals surface area contributed by atoms with E-state index in [-0.39, 0.29) is 12.5 Å². The van der Waals surface area contributed by atoms with Crippen LogP contribution in [0.15, 0.2) is 22.7 Å². The monoisotopic (exact) mass is 327 g/mol. The van der Waals surface area contributed by atoms with Crippen molar-refractivity contribution >= 4 is 27.5 Å². The van der Waals surface area contributed by atoms with Crippen LogP contribution in [0, 0.1) is 5.41 Å². The Balaban J connectivity index is 2.22. The molecule has 4 nitrogen and oxygen atoms in total. The van der Waals surface area contributed by atoms with Gasteiger partial charge in [-0.15, -0.1) is 0 Å². The Morgan fingerprint density at radius 1 is 1.53 bits per heavy atom. The molecule has 0 saturated heterocycles. The molecule has 1 aromatic rings. The highest BCUT2D eigenvalue weighted by molar-refractivity contribution is 9.10. The number of aliphatic hydroxyl groups is 1. The van der Waals surface area contributed by atoms with Gasteiger partial charge in [0.05, 0.1) is 23.6 Å². The first-order valence-corrected chi connectivity index (χ1v) is 7.06. The van der Waals surface area contributed by atoms with E-state index in [1.54, 1.807) is 19.1 Å². The molecule has 1 amide bonds. The quantitative estimate of drug-likeness (QED) is 0.924. The summed E-state index contributed by atoms with van der Waals surface area (Å²) in [5, 5.41) is 9.46. The van der Waals surface area contributed by atoms with Gasteiger partial charge in [-0.1, -0.05) is 6.42 Å². The van der Waals surface area contributed by atoms with Crippen LogP contribution >= 0.6 is 15.9 Å². The van der Waals surface area contributed by atoms with Crippen molar-refractivity contribution in [3.63, 3.8) is 0 Å². The number of hydrogen-bond donors (Lipinski definition) is 1. The Hall–Kier alpha value is -1.07. The lowest BCUT2D eigenvalue weighted by atomic mass is 9.68. The lowest BCUT2D eigenvalue weighted by molar-refractivity contribution is -0.136. The fraction of sp³-hybridized carbons (Fsp3) is 0.500. The lowest BCUT2D eigenvalue weighted by Gasteiger charge is -2.41. The van der Waals surface area contributed by atoms with Crippen LogP contribution in [0.3, 0.4) is 0 Å². The molecule has 0 spiro atoms. The number of nitrogens with zero attached hydrogens (tertiary/aromatic N) is 1. The summed E-state index contributed by atoms with van der Waals surface area (Å²) in [4.78, 5) is 14.1. The van der Waals surface area contributed by atoms with Crippen molar-refractivity contribution in [3.8, 4) is 5.75 Å². The summed E-state index contributed by atoms with van der Waals surface area (Å²) in [6.07, 6.45) is 2.54. The molecule has 5 heteroatoms. The van der Waals surface area contributed by atoms with E-state index in [4.69, 9.17) is 4.74 Å². The second-order valence-electron chi connectivity index (χ2n) is 4.98. The first-order chi connectivity index (χ1) is 9.04. The van der Waals surface area contributed by atoms with Gasteiger partial charge in [0.25, 0.3) is 0 Å². The van der Waals surface area contributed by atoms with E-state index in [1.807, 2.05) is 18.2 Å². The van der Waals surface area contributed by atoms with E-state index >= 15 is 0 Å². The number of amides is 1. The topological polar surface area (TPSA) is 49.8 Å². The Morgan fingerprint density at radius 2 is 2.21 bits per heavy atom. The highest BCUT2D eigenvalue weighted by Crippen LogP contribution is 2.43. The smallest absolute Gasteiger partial charge is 0.235 e. The number of carbonyl (C=O) groups is 1. The van der Waals surface area contributed by atoms with Crippen molar-refractivity contribution in [2.24, 2.45) is 5.41 Å². The first-order valence-electron chi connectivity index (χ1n) is 6.26. The molecule has 0 aromatic heterocycles. The molecule has 0 atom stereocenters. The normalized spacial score (nSPS) is 16.6. The van der Waals surface area contributed by atoms with Gasteiger partial charge in [-0.3, -0.25) is 4.79 Å². The molecular formula is C14H18BrNO3. The van der Waals surface area contributed by atoms with Gasteiger partial charge in [0.2, 0.25) is 5.91 Å². The Morgan fingerprint density at radius 3 is 2.63 bits per heavy atom. The third-order valence-electron chi connectivity index (χ3n) is 3.89. The number of benzene rings is 1. The third-order valence-corrected chi connectivity index (χ3v) is 4.51. The van der Waals surface area contributed by atoms with Gasteiger partial charge in [-0.05, 0) is 47.0 Å². The Kier molecular flexibility index (Phi) is 4.16. The summed E-state index contributed by atoms with van der Waals surface area (Å²) in [6, 6.07) is 5.50. The van der Waals surface area contributed by atoms with E-state index < -0.39 is 5.41 Å². The van der Waals surface area contributed by atoms with Crippen molar-refractivity contribution in [3.05, 3.63) is 22.7 Å². The molecule has 1 saturated carbocycles. The van der Waals surface area contributed by atoms with Crippen LogP contribution in [-0.2, 0) is 4.79 Å². The lowest BCUT2D eigenvalue weighted by Crippen LogP contribution is -2.49. The van der Waals surface area contributed by atoms with Gasteiger partial charge in [0, 0.05) is 12.7 Å². The molecule has 0 heterocycles. The molecule has 0 aliphatic heterocycles. The van der Waals surface area contributed by atoms with Crippen LogP contribution in [0.25, 0.3) is 0 Å². The van der Waals surface area contributed by atoms with Gasteiger partial charge in [-0.25, -0.2) is 0 Å². The summed E-state index contributed by atoms with van der Waals surface area (Å²) >= 11 is 3.41. The third kappa shape index (κ3) is 2.49. The van der Waals surface area contributed by atoms with Crippen molar-refractivity contribution in [2.45, 2.75) is 19.3 Å². The predicted octanol–water partition coefficient (Wildman–Crippen LogP) is 2.58. The minimum atomic E-state index is -0.568. The molecule has 1 N–H and O–H groups in total. The summed E-state index contributed by atoms with van der Waals surface area (Å²) in [6.45, 7) is -0.0759. The maximum atomic E-state index is 12.5. The minimum Gasteiger partial charge on any atom is -0.496 e. The van der Waals surface area contributed by atoms with E-state index in [1.165, 1.54) is 0 Å². The standard InChI is InChI=1S/C14H18BrNO3/c1-16(13(18)14(9-17)6-3-7-14)10-4-5-12(19-2)11(15)8-10/h4-5,8,17H,3,6-7,9H2,1-2H3. The van der Waals surface area contributed by atoms with E-state index in [9.17, 15) is 9.90 Å². The zero-order valence-electron chi connectivity index (χ0n) is 11.1. The fourth-order valence-corrected chi connectivity index (χ4v) is 2.91. The number of anilines is 1. The maximum Gasteiger partial charge on any atom is 0.235 e. The zero-order valence-corrected chi connectivity index (χ0v) is 12.7. The number of methoxy groups -OCH3 is 1. The molecule has 1 aromatic carbocycles. The number of rotatable bonds is 4.